The molecule has 418 valence electrons. The van der Waals surface area contributed by atoms with Crippen LogP contribution < -0.4 is 0 Å². The summed E-state index contributed by atoms with van der Waals surface area (Å²) in [6.07, 6.45) is -10.5. The Bertz CT molecular complexity index is 4480. The van der Waals surface area contributed by atoms with Gasteiger partial charge in [0.05, 0.1) is 50.1 Å². The monoisotopic (exact) mass is 1120 g/mol. The Hall–Kier alpha value is -9.13. The van der Waals surface area contributed by atoms with Crippen molar-refractivity contribution in [3.05, 3.63) is 235 Å². The number of rotatable bonds is 7. The van der Waals surface area contributed by atoms with Crippen molar-refractivity contribution in [3.8, 4) is 73.1 Å². The molecule has 2 heterocycles. The summed E-state index contributed by atoms with van der Waals surface area (Å²) in [5.74, 6) is 0. The summed E-state index contributed by atoms with van der Waals surface area (Å²) in [6.45, 7) is 24.8. The van der Waals surface area contributed by atoms with Crippen molar-refractivity contribution in [1.29, 1.82) is 5.26 Å². The van der Waals surface area contributed by atoms with Crippen LogP contribution >= 0.6 is 0 Å². The molecule has 84 heavy (non-hydrogen) atoms. The maximum absolute atomic E-state index is 15.9. The third-order valence-corrected chi connectivity index (χ3v) is 17.1. The lowest BCUT2D eigenvalue weighted by Gasteiger charge is -2.24. The molecule has 12 rings (SSSR count). The molecular formula is C75H61F6N3. The SMILES string of the molecule is Cc1cc(C)c(-c2ccc3c(c2)c2cc(-c4c(C)cc(C)cc4C)ccc2n3-c2cc(-c3c(C(F)(F)F)cccc3C(F)(F)F)c(-n3c4ccc(-c5c(C)cc(C)cc5C)cc4c4cc(-c5c(C)cc(C)cc5C)ccc43)cc2C#N)c(C)c1. The zero-order valence-electron chi connectivity index (χ0n) is 49.0. The number of fused-ring (bicyclic) bond motifs is 6. The number of hydrogen-bond acceptors (Lipinski definition) is 1. The Morgan fingerprint density at radius 2 is 0.595 bits per heavy atom. The first kappa shape index (κ1) is 55.4. The summed E-state index contributed by atoms with van der Waals surface area (Å²) in [5.41, 5.74) is 18.9. The van der Waals surface area contributed by atoms with Crippen molar-refractivity contribution in [2.75, 3.05) is 0 Å². The van der Waals surface area contributed by atoms with Gasteiger partial charge >= 0.3 is 12.4 Å². The maximum atomic E-state index is 15.9. The number of halogens is 6. The van der Waals surface area contributed by atoms with Gasteiger partial charge < -0.3 is 9.13 Å². The molecule has 0 atom stereocenters. The minimum absolute atomic E-state index is 0.0237. The maximum Gasteiger partial charge on any atom is 0.417 e. The largest absolute Gasteiger partial charge is 0.417 e. The van der Waals surface area contributed by atoms with Gasteiger partial charge in [-0.05, 0) is 245 Å². The van der Waals surface area contributed by atoms with Crippen LogP contribution in [0.5, 0.6) is 0 Å². The fourth-order valence-electron chi connectivity index (χ4n) is 14.3. The van der Waals surface area contributed by atoms with Gasteiger partial charge in [0.2, 0.25) is 0 Å². The standard InChI is InChI=1S/C75H61F6N3/c1-39-24-43(5)69(44(6)25-39)51-16-20-63-56(32-51)57-33-52(70-45(7)26-40(2)27-46(70)8)17-21-64(57)83(63)67-37-60(73-61(74(76,77)78)14-13-15-62(73)75(79,80)81)68(36-55(67)38-82)84-65-22-18-53(71-47(9)28-41(3)29-48(71)10)34-58(65)59-35-54(19-23-66(59)84)72-49(11)30-42(4)31-50(72)12/h13-37H,1-12H3. The predicted octanol–water partition coefficient (Wildman–Crippen LogP) is 21.8. The van der Waals surface area contributed by atoms with Crippen LogP contribution in [-0.4, -0.2) is 9.13 Å². The van der Waals surface area contributed by atoms with Gasteiger partial charge in [0.15, 0.2) is 0 Å². The van der Waals surface area contributed by atoms with E-state index in [0.29, 0.717) is 34.2 Å². The van der Waals surface area contributed by atoms with E-state index < -0.39 is 29.0 Å². The molecule has 0 aliphatic carbocycles. The molecule has 0 fully saturated rings. The number of aryl methyl sites for hydroxylation is 12. The van der Waals surface area contributed by atoms with E-state index in [1.807, 2.05) is 66.9 Å². The molecule has 9 heteroatoms. The van der Waals surface area contributed by atoms with Crippen molar-refractivity contribution in [3.63, 3.8) is 0 Å². The molecule has 0 spiro atoms. The van der Waals surface area contributed by atoms with E-state index in [1.54, 1.807) is 4.57 Å². The van der Waals surface area contributed by atoms with Crippen molar-refractivity contribution in [2.45, 2.75) is 95.4 Å². The molecule has 0 N–H and O–H groups in total. The smallest absolute Gasteiger partial charge is 0.309 e. The van der Waals surface area contributed by atoms with E-state index in [1.165, 1.54) is 12.1 Å². The molecule has 12 aromatic rings. The molecule has 2 aromatic heterocycles. The lowest BCUT2D eigenvalue weighted by molar-refractivity contribution is -0.142. The highest BCUT2D eigenvalue weighted by Gasteiger charge is 2.42. The van der Waals surface area contributed by atoms with Crippen LogP contribution in [0, 0.1) is 94.4 Å². The Morgan fingerprint density at radius 1 is 0.321 bits per heavy atom. The molecule has 0 unspecified atom stereocenters. The van der Waals surface area contributed by atoms with Crippen molar-refractivity contribution < 1.29 is 26.3 Å². The van der Waals surface area contributed by atoms with Gasteiger partial charge in [0, 0.05) is 32.7 Å². The Morgan fingerprint density at radius 3 is 0.857 bits per heavy atom. The molecular weight excluding hydrogens is 1060 g/mol. The van der Waals surface area contributed by atoms with Gasteiger partial charge in [0.25, 0.3) is 0 Å². The first-order valence-electron chi connectivity index (χ1n) is 28.2. The molecule has 0 saturated carbocycles. The van der Waals surface area contributed by atoms with E-state index in [0.717, 1.165) is 139 Å². The van der Waals surface area contributed by atoms with Crippen LogP contribution in [0.25, 0.3) is 111 Å². The Labute approximate surface area is 485 Å². The summed E-state index contributed by atoms with van der Waals surface area (Å²) in [7, 11) is 0. The summed E-state index contributed by atoms with van der Waals surface area (Å²) in [4.78, 5) is 0. The first-order chi connectivity index (χ1) is 39.8. The van der Waals surface area contributed by atoms with Crippen LogP contribution in [0.15, 0.2) is 152 Å². The van der Waals surface area contributed by atoms with Crippen LogP contribution in [0.1, 0.15) is 83.5 Å². The predicted molar refractivity (Wildman–Crippen MR) is 334 cm³/mol. The van der Waals surface area contributed by atoms with E-state index in [-0.39, 0.29) is 22.5 Å². The fourth-order valence-corrected chi connectivity index (χ4v) is 14.3. The third kappa shape index (κ3) is 9.15. The lowest BCUT2D eigenvalue weighted by Crippen LogP contribution is -2.15. The minimum atomic E-state index is -5.24. The molecule has 0 aliphatic heterocycles. The van der Waals surface area contributed by atoms with E-state index >= 15 is 26.3 Å². The number of nitriles is 1. The second-order valence-electron chi connectivity index (χ2n) is 23.4. The summed E-state index contributed by atoms with van der Waals surface area (Å²) in [5, 5.41) is 14.7. The molecule has 10 aromatic carbocycles. The zero-order valence-corrected chi connectivity index (χ0v) is 49.0. The van der Waals surface area contributed by atoms with Crippen molar-refractivity contribution in [1.82, 2.24) is 9.13 Å². The van der Waals surface area contributed by atoms with Gasteiger partial charge in [-0.2, -0.15) is 31.6 Å². The summed E-state index contributed by atoms with van der Waals surface area (Å²) in [6, 6.07) is 48.5. The number of alkyl halides is 6. The highest BCUT2D eigenvalue weighted by molar-refractivity contribution is 6.14. The number of hydrogen-bond donors (Lipinski definition) is 0. The molecule has 0 aliphatic rings. The highest BCUT2D eigenvalue weighted by Crippen LogP contribution is 2.50. The molecule has 3 nitrogen and oxygen atoms in total. The Balaban J connectivity index is 1.23. The topological polar surface area (TPSA) is 33.6 Å². The molecule has 0 radical (unpaired) electrons. The summed E-state index contributed by atoms with van der Waals surface area (Å²) < 4.78 is 98.9. The van der Waals surface area contributed by atoms with E-state index in [4.69, 9.17) is 0 Å². The van der Waals surface area contributed by atoms with Gasteiger partial charge in [-0.25, -0.2) is 0 Å². The molecule has 0 amide bonds. The highest BCUT2D eigenvalue weighted by atomic mass is 19.4. The normalized spacial score (nSPS) is 12.2. The average Bonchev–Trinajstić information content (AvgIpc) is 1.56. The fraction of sp³-hybridized carbons (Fsp3) is 0.187. The van der Waals surface area contributed by atoms with Crippen LogP contribution in [-0.2, 0) is 12.4 Å². The van der Waals surface area contributed by atoms with Crippen LogP contribution in [0.2, 0.25) is 0 Å². The second-order valence-corrected chi connectivity index (χ2v) is 23.4. The van der Waals surface area contributed by atoms with Crippen LogP contribution in [0.3, 0.4) is 0 Å². The van der Waals surface area contributed by atoms with Gasteiger partial charge in [-0.15, -0.1) is 0 Å². The minimum Gasteiger partial charge on any atom is -0.309 e. The second kappa shape index (κ2) is 20.1. The van der Waals surface area contributed by atoms with Gasteiger partial charge in [-0.1, -0.05) is 101 Å². The van der Waals surface area contributed by atoms with Crippen molar-refractivity contribution in [2.24, 2.45) is 0 Å². The molecule has 0 saturated heterocycles. The summed E-state index contributed by atoms with van der Waals surface area (Å²) >= 11 is 0. The molecule has 0 bridgehead atoms. The number of nitrogens with zero attached hydrogens (tertiary/aromatic N) is 3. The Kier molecular flexibility index (Phi) is 13.2. The first-order valence-corrected chi connectivity index (χ1v) is 28.2. The van der Waals surface area contributed by atoms with Gasteiger partial charge in [-0.3, -0.25) is 0 Å². The lowest BCUT2D eigenvalue weighted by atomic mass is 9.90. The van der Waals surface area contributed by atoms with Crippen LogP contribution in [0.4, 0.5) is 26.3 Å². The van der Waals surface area contributed by atoms with Gasteiger partial charge in [0.1, 0.15) is 6.07 Å². The average molecular weight is 1120 g/mol. The number of benzene rings is 10. The zero-order chi connectivity index (χ0) is 59.7. The number of aromatic nitrogens is 2. The quantitative estimate of drug-likeness (QED) is 0.146. The van der Waals surface area contributed by atoms with E-state index in [9.17, 15) is 5.26 Å². The third-order valence-electron chi connectivity index (χ3n) is 17.1. The van der Waals surface area contributed by atoms with E-state index in [2.05, 4.69) is 148 Å². The van der Waals surface area contributed by atoms with Crippen molar-refractivity contribution >= 4 is 43.6 Å².